The SMILES string of the molecule is CO[Si](CCC[n+]1ccc(/C=C/c2ccc(/C=C/c3ccncc3)cc2)cc1)(OC)OC. The second-order valence-corrected chi connectivity index (χ2v) is 10.5. The summed E-state index contributed by atoms with van der Waals surface area (Å²) in [5, 5.41) is 0. The van der Waals surface area contributed by atoms with E-state index in [0.717, 1.165) is 30.1 Å². The van der Waals surface area contributed by atoms with Gasteiger partial charge < -0.3 is 13.3 Å². The van der Waals surface area contributed by atoms with Crippen LogP contribution in [0.15, 0.2) is 73.3 Å². The summed E-state index contributed by atoms with van der Waals surface area (Å²) in [5.41, 5.74) is 4.64. The number of hydrogen-bond acceptors (Lipinski definition) is 4. The van der Waals surface area contributed by atoms with Gasteiger partial charge in [0.2, 0.25) is 0 Å². The third kappa shape index (κ3) is 7.07. The standard InChI is InChI=1S/C26H31N2O3Si/c1-29-32(30-2,31-3)22-4-19-28-20-15-26(16-21-28)12-10-24-7-5-23(6-8-24)9-11-25-13-17-27-18-14-25/h5-18,20-21H,4,19,22H2,1-3H3/q+1/b11-9+,12-10+. The summed E-state index contributed by atoms with van der Waals surface area (Å²) in [4.78, 5) is 4.04. The lowest BCUT2D eigenvalue weighted by molar-refractivity contribution is -0.697. The number of hydrogen-bond donors (Lipinski definition) is 0. The smallest absolute Gasteiger partial charge is 0.377 e. The Morgan fingerprint density at radius 2 is 1.12 bits per heavy atom. The number of benzene rings is 1. The van der Waals surface area contributed by atoms with E-state index >= 15 is 0 Å². The zero-order valence-electron chi connectivity index (χ0n) is 19.0. The lowest BCUT2D eigenvalue weighted by atomic mass is 10.1. The van der Waals surface area contributed by atoms with E-state index in [9.17, 15) is 0 Å². The first-order chi connectivity index (χ1) is 15.7. The maximum atomic E-state index is 5.48. The van der Waals surface area contributed by atoms with Crippen LogP contribution in [0.25, 0.3) is 24.3 Å². The Labute approximate surface area is 192 Å². The summed E-state index contributed by atoms with van der Waals surface area (Å²) in [5.74, 6) is 0. The molecule has 5 nitrogen and oxygen atoms in total. The third-order valence-corrected chi connectivity index (χ3v) is 8.16. The van der Waals surface area contributed by atoms with E-state index in [-0.39, 0.29) is 0 Å². The number of pyridine rings is 2. The maximum Gasteiger partial charge on any atom is 0.500 e. The summed E-state index contributed by atoms with van der Waals surface area (Å²) in [6.07, 6.45) is 17.2. The fraction of sp³-hybridized carbons (Fsp3) is 0.231. The van der Waals surface area contributed by atoms with Crippen molar-refractivity contribution in [2.75, 3.05) is 21.3 Å². The number of aromatic nitrogens is 2. The molecule has 0 aliphatic carbocycles. The normalized spacial score (nSPS) is 12.1. The molecule has 3 rings (SSSR count). The molecule has 3 aromatic rings. The molecule has 0 bridgehead atoms. The Morgan fingerprint density at radius 1 is 0.688 bits per heavy atom. The first kappa shape index (κ1) is 23.8. The molecule has 0 unspecified atom stereocenters. The Hall–Kier alpha value is -2.90. The van der Waals surface area contributed by atoms with Crippen molar-refractivity contribution in [2.24, 2.45) is 0 Å². The van der Waals surface area contributed by atoms with Crippen molar-refractivity contribution in [2.45, 2.75) is 19.0 Å². The number of aryl methyl sites for hydroxylation is 1. The molecule has 0 aliphatic heterocycles. The van der Waals surface area contributed by atoms with Gasteiger partial charge in [0, 0.05) is 58.3 Å². The molecule has 0 saturated heterocycles. The number of nitrogens with zero attached hydrogens (tertiary/aromatic N) is 2. The molecule has 166 valence electrons. The van der Waals surface area contributed by atoms with Gasteiger partial charge in [-0.25, -0.2) is 4.57 Å². The van der Waals surface area contributed by atoms with Gasteiger partial charge in [-0.3, -0.25) is 4.98 Å². The van der Waals surface area contributed by atoms with E-state index in [4.69, 9.17) is 13.3 Å². The first-order valence-electron chi connectivity index (χ1n) is 10.7. The van der Waals surface area contributed by atoms with Gasteiger partial charge in [-0.1, -0.05) is 48.6 Å². The summed E-state index contributed by atoms with van der Waals surface area (Å²) in [7, 11) is 2.47. The Balaban J connectivity index is 1.51. The highest BCUT2D eigenvalue weighted by Crippen LogP contribution is 2.15. The Morgan fingerprint density at radius 3 is 1.59 bits per heavy atom. The van der Waals surface area contributed by atoms with Gasteiger partial charge >= 0.3 is 8.80 Å². The van der Waals surface area contributed by atoms with Gasteiger partial charge in [0.1, 0.15) is 6.54 Å². The van der Waals surface area contributed by atoms with Gasteiger partial charge in [0.15, 0.2) is 12.4 Å². The summed E-state index contributed by atoms with van der Waals surface area (Å²) >= 11 is 0. The molecular weight excluding hydrogens is 416 g/mol. The molecule has 1 aromatic carbocycles. The van der Waals surface area contributed by atoms with Crippen molar-refractivity contribution in [3.63, 3.8) is 0 Å². The van der Waals surface area contributed by atoms with Crippen LogP contribution in [0.1, 0.15) is 28.7 Å². The van der Waals surface area contributed by atoms with E-state index in [1.807, 2.05) is 12.1 Å². The van der Waals surface area contributed by atoms with Crippen LogP contribution < -0.4 is 4.57 Å². The zero-order valence-corrected chi connectivity index (χ0v) is 20.0. The molecule has 0 saturated carbocycles. The quantitative estimate of drug-likeness (QED) is 0.307. The van der Waals surface area contributed by atoms with Crippen LogP contribution in [0, 0.1) is 0 Å². The first-order valence-corrected chi connectivity index (χ1v) is 12.6. The highest BCUT2D eigenvalue weighted by Gasteiger charge is 2.37. The molecule has 0 spiro atoms. The van der Waals surface area contributed by atoms with E-state index in [1.54, 1.807) is 33.7 Å². The number of rotatable bonds is 11. The van der Waals surface area contributed by atoms with Crippen LogP contribution in [-0.2, 0) is 19.8 Å². The fourth-order valence-electron chi connectivity index (χ4n) is 3.34. The van der Waals surface area contributed by atoms with Crippen molar-refractivity contribution in [3.05, 3.63) is 95.6 Å². The second kappa shape index (κ2) is 12.2. The van der Waals surface area contributed by atoms with E-state index in [1.165, 1.54) is 11.1 Å². The minimum absolute atomic E-state index is 0.791. The lowest BCUT2D eigenvalue weighted by Gasteiger charge is -2.23. The predicted molar refractivity (Wildman–Crippen MR) is 131 cm³/mol. The van der Waals surface area contributed by atoms with Crippen molar-refractivity contribution >= 4 is 33.1 Å². The molecule has 0 aliphatic rings. The van der Waals surface area contributed by atoms with Gasteiger partial charge in [-0.05, 0) is 34.4 Å². The molecule has 0 atom stereocenters. The van der Waals surface area contributed by atoms with Crippen LogP contribution in [0.2, 0.25) is 6.04 Å². The molecule has 6 heteroatoms. The fourth-order valence-corrected chi connectivity index (χ4v) is 5.04. The zero-order chi connectivity index (χ0) is 22.7. The van der Waals surface area contributed by atoms with Crippen LogP contribution in [0.5, 0.6) is 0 Å². The lowest BCUT2D eigenvalue weighted by Crippen LogP contribution is -2.44. The summed E-state index contributed by atoms with van der Waals surface area (Å²) in [6, 6.07) is 17.5. The van der Waals surface area contributed by atoms with Crippen molar-refractivity contribution in [3.8, 4) is 0 Å². The van der Waals surface area contributed by atoms with E-state index in [0.29, 0.717) is 0 Å². The van der Waals surface area contributed by atoms with Gasteiger partial charge in [0.05, 0.1) is 0 Å². The van der Waals surface area contributed by atoms with Crippen molar-refractivity contribution in [1.29, 1.82) is 0 Å². The Bertz CT molecular complexity index is 991. The molecule has 2 aromatic heterocycles. The van der Waals surface area contributed by atoms with E-state index < -0.39 is 8.80 Å². The minimum atomic E-state index is -2.49. The van der Waals surface area contributed by atoms with Crippen LogP contribution >= 0.6 is 0 Å². The molecule has 0 N–H and O–H groups in total. The second-order valence-electron chi connectivity index (χ2n) is 7.38. The van der Waals surface area contributed by atoms with Crippen LogP contribution in [-0.4, -0.2) is 35.1 Å². The van der Waals surface area contributed by atoms with Crippen LogP contribution in [0.4, 0.5) is 0 Å². The largest absolute Gasteiger partial charge is 0.500 e. The van der Waals surface area contributed by atoms with Crippen molar-refractivity contribution in [1.82, 2.24) is 4.98 Å². The van der Waals surface area contributed by atoms with Crippen molar-refractivity contribution < 1.29 is 17.8 Å². The minimum Gasteiger partial charge on any atom is -0.377 e. The van der Waals surface area contributed by atoms with Gasteiger partial charge in [-0.2, -0.15) is 0 Å². The summed E-state index contributed by atoms with van der Waals surface area (Å²) < 4.78 is 18.6. The maximum absolute atomic E-state index is 5.48. The third-order valence-electron chi connectivity index (χ3n) is 5.33. The van der Waals surface area contributed by atoms with Gasteiger partial charge in [-0.15, -0.1) is 0 Å². The predicted octanol–water partition coefficient (Wildman–Crippen LogP) is 4.98. The van der Waals surface area contributed by atoms with Gasteiger partial charge in [0.25, 0.3) is 0 Å². The summed E-state index contributed by atoms with van der Waals surface area (Å²) in [6.45, 7) is 0.892. The average Bonchev–Trinajstić information content (AvgIpc) is 2.86. The molecule has 0 fully saturated rings. The molecule has 0 radical (unpaired) electrons. The molecule has 2 heterocycles. The highest BCUT2D eigenvalue weighted by molar-refractivity contribution is 6.60. The van der Waals surface area contributed by atoms with E-state index in [2.05, 4.69) is 82.6 Å². The Kier molecular flexibility index (Phi) is 9.07. The topological polar surface area (TPSA) is 44.5 Å². The molecule has 0 amide bonds. The molecule has 32 heavy (non-hydrogen) atoms. The van der Waals surface area contributed by atoms with Crippen LogP contribution in [0.3, 0.4) is 0 Å². The highest BCUT2D eigenvalue weighted by atomic mass is 28.4. The monoisotopic (exact) mass is 447 g/mol. The average molecular weight is 448 g/mol. The molecular formula is C26H31N2O3Si+.